The fourth-order valence-electron chi connectivity index (χ4n) is 1.57. The lowest BCUT2D eigenvalue weighted by atomic mass is 10.3. The van der Waals surface area contributed by atoms with Crippen molar-refractivity contribution in [3.63, 3.8) is 0 Å². The Morgan fingerprint density at radius 2 is 1.16 bits per heavy atom. The fraction of sp³-hybridized carbons (Fsp3) is 1.00. The number of hydrogen-bond acceptors (Lipinski definition) is 9. The van der Waals surface area contributed by atoms with Crippen molar-refractivity contribution in [2.45, 2.75) is 52.4 Å². The quantitative estimate of drug-likeness (QED) is 0.266. The molecule has 0 aliphatic heterocycles. The average Bonchev–Trinajstić information content (AvgIpc) is 2.39. The van der Waals surface area contributed by atoms with Gasteiger partial charge >= 0.3 is 0 Å². The van der Waals surface area contributed by atoms with E-state index in [2.05, 4.69) is 15.3 Å². The Labute approximate surface area is 113 Å². The van der Waals surface area contributed by atoms with Crippen molar-refractivity contribution < 1.29 is 29.2 Å². The molecule has 0 spiro atoms. The molecule has 2 atom stereocenters. The van der Waals surface area contributed by atoms with Crippen LogP contribution in [0.2, 0.25) is 0 Å². The van der Waals surface area contributed by atoms with Gasteiger partial charge in [-0.2, -0.15) is 21.6 Å². The summed E-state index contributed by atoms with van der Waals surface area (Å²) in [4.78, 5) is 18.4. The summed E-state index contributed by atoms with van der Waals surface area (Å²) in [6.07, 6.45) is 0.724. The van der Waals surface area contributed by atoms with Crippen LogP contribution in [0.1, 0.15) is 40.5 Å². The zero-order chi connectivity index (χ0) is 14.8. The molecule has 5 N–H and O–H groups in total. The first-order valence-electron chi connectivity index (χ1n) is 6.23. The van der Waals surface area contributed by atoms with Crippen LogP contribution in [0.4, 0.5) is 0 Å². The van der Waals surface area contributed by atoms with Crippen molar-refractivity contribution in [3.05, 3.63) is 0 Å². The lowest BCUT2D eigenvalue weighted by Crippen LogP contribution is -2.63. The van der Waals surface area contributed by atoms with Gasteiger partial charge in [0.25, 0.3) is 11.8 Å². The topological polar surface area (TPSA) is 119 Å². The number of hydrogen-bond donors (Lipinski definition) is 3. The Balaban J connectivity index is 5.08. The summed E-state index contributed by atoms with van der Waals surface area (Å²) < 4.78 is 10.9. The van der Waals surface area contributed by atoms with Gasteiger partial charge in [0.15, 0.2) is 0 Å². The lowest BCUT2D eigenvalue weighted by Gasteiger charge is -2.39. The molecule has 0 rings (SSSR count). The maximum atomic E-state index is 5.47. The molecule has 9 heteroatoms. The molecule has 0 bridgehead atoms. The first-order chi connectivity index (χ1) is 9.07. The van der Waals surface area contributed by atoms with E-state index in [9.17, 15) is 0 Å². The minimum Gasteiger partial charge on any atom is -0.336 e. The molecule has 116 valence electrons. The minimum absolute atomic E-state index is 0.347. The summed E-state index contributed by atoms with van der Waals surface area (Å²) in [5.41, 5.74) is 0. The van der Waals surface area contributed by atoms with Crippen LogP contribution >= 0.6 is 0 Å². The van der Waals surface area contributed by atoms with Gasteiger partial charge in [-0.15, -0.1) is 9.98 Å². The molecule has 0 radical (unpaired) electrons. The Morgan fingerprint density at radius 1 is 0.789 bits per heavy atom. The van der Waals surface area contributed by atoms with Crippen LogP contribution in [0.3, 0.4) is 0 Å². The van der Waals surface area contributed by atoms with Crippen molar-refractivity contribution in [2.24, 2.45) is 11.8 Å². The highest BCUT2D eigenvalue weighted by atomic mass is 17.3. The molecular formula is C10H25N3O6. The first-order valence-corrected chi connectivity index (χ1v) is 6.23. The number of rotatable bonds is 12. The van der Waals surface area contributed by atoms with E-state index >= 15 is 0 Å². The highest BCUT2D eigenvalue weighted by Gasteiger charge is 2.44. The van der Waals surface area contributed by atoms with Crippen LogP contribution < -0.4 is 17.1 Å². The maximum absolute atomic E-state index is 5.47. The summed E-state index contributed by atoms with van der Waals surface area (Å²) in [7, 11) is 0. The van der Waals surface area contributed by atoms with Gasteiger partial charge in [-0.25, -0.2) is 5.32 Å². The first kappa shape index (κ1) is 18.6. The van der Waals surface area contributed by atoms with Crippen molar-refractivity contribution >= 4 is 0 Å². The molecule has 0 aromatic carbocycles. The van der Waals surface area contributed by atoms with Gasteiger partial charge in [0.05, 0.1) is 0 Å². The average molecular weight is 283 g/mol. The summed E-state index contributed by atoms with van der Waals surface area (Å²) >= 11 is 0. The van der Waals surface area contributed by atoms with Crippen molar-refractivity contribution in [3.8, 4) is 0 Å². The van der Waals surface area contributed by atoms with Crippen LogP contribution in [0.25, 0.3) is 0 Å². The van der Waals surface area contributed by atoms with Gasteiger partial charge in [0.1, 0.15) is 0 Å². The molecule has 0 aliphatic rings. The molecule has 9 nitrogen and oxygen atoms in total. The second-order valence-electron chi connectivity index (χ2n) is 3.56. The second-order valence-corrected chi connectivity index (χ2v) is 3.56. The SMILES string of the molecule is CCOC(CC)(NC(CC)(OCC)OON)OON. The third-order valence-electron chi connectivity index (χ3n) is 2.43. The monoisotopic (exact) mass is 283 g/mol. The van der Waals surface area contributed by atoms with Crippen LogP contribution in [0, 0.1) is 0 Å². The Morgan fingerprint density at radius 3 is 1.37 bits per heavy atom. The van der Waals surface area contributed by atoms with E-state index in [1.54, 1.807) is 27.7 Å². The van der Waals surface area contributed by atoms with E-state index < -0.39 is 11.8 Å². The minimum atomic E-state index is -1.35. The molecule has 2 unspecified atom stereocenters. The fourth-order valence-corrected chi connectivity index (χ4v) is 1.57. The third kappa shape index (κ3) is 5.65. The predicted octanol–water partition coefficient (Wildman–Crippen LogP) is 0.420. The van der Waals surface area contributed by atoms with Crippen LogP contribution in [0.5, 0.6) is 0 Å². The molecule has 0 aliphatic carbocycles. The van der Waals surface area contributed by atoms with E-state index in [0.717, 1.165) is 0 Å². The van der Waals surface area contributed by atoms with Crippen LogP contribution in [0.15, 0.2) is 0 Å². The zero-order valence-corrected chi connectivity index (χ0v) is 11.9. The van der Waals surface area contributed by atoms with Gasteiger partial charge < -0.3 is 9.47 Å². The van der Waals surface area contributed by atoms with Crippen molar-refractivity contribution in [1.82, 2.24) is 5.32 Å². The second kappa shape index (κ2) is 9.53. The summed E-state index contributed by atoms with van der Waals surface area (Å²) in [6.45, 7) is 7.88. The molecule has 0 heterocycles. The van der Waals surface area contributed by atoms with E-state index in [1.165, 1.54) is 0 Å². The summed E-state index contributed by atoms with van der Waals surface area (Å²) in [5, 5.41) is 2.89. The zero-order valence-electron chi connectivity index (χ0n) is 11.9. The van der Waals surface area contributed by atoms with Gasteiger partial charge in [-0.3, -0.25) is 0 Å². The van der Waals surface area contributed by atoms with Crippen LogP contribution in [-0.2, 0) is 29.2 Å². The maximum Gasteiger partial charge on any atom is 0.263 e. The smallest absolute Gasteiger partial charge is 0.263 e. The van der Waals surface area contributed by atoms with E-state index in [0.29, 0.717) is 26.1 Å². The van der Waals surface area contributed by atoms with E-state index in [1.807, 2.05) is 0 Å². The highest BCUT2D eigenvalue weighted by Crippen LogP contribution is 2.23. The van der Waals surface area contributed by atoms with E-state index in [-0.39, 0.29) is 0 Å². The molecular weight excluding hydrogens is 258 g/mol. The van der Waals surface area contributed by atoms with Crippen LogP contribution in [-0.4, -0.2) is 25.0 Å². The molecule has 0 amide bonds. The molecule has 0 aromatic rings. The third-order valence-corrected chi connectivity index (χ3v) is 2.43. The van der Waals surface area contributed by atoms with Gasteiger partial charge in [-0.05, 0) is 13.8 Å². The summed E-state index contributed by atoms with van der Waals surface area (Å²) in [6, 6.07) is 0. The molecule has 0 fully saturated rings. The lowest BCUT2D eigenvalue weighted by molar-refractivity contribution is -0.499. The number of ether oxygens (including phenoxy) is 2. The summed E-state index contributed by atoms with van der Waals surface area (Å²) in [5.74, 6) is 7.19. The Hall–Kier alpha value is -0.360. The molecule has 0 aromatic heterocycles. The van der Waals surface area contributed by atoms with Crippen molar-refractivity contribution in [1.29, 1.82) is 0 Å². The predicted molar refractivity (Wildman–Crippen MR) is 65.1 cm³/mol. The number of nitrogens with one attached hydrogen (secondary N) is 1. The number of nitrogens with two attached hydrogens (primary N) is 2. The Kier molecular flexibility index (Phi) is 9.35. The van der Waals surface area contributed by atoms with E-state index in [4.69, 9.17) is 31.0 Å². The molecule has 19 heavy (non-hydrogen) atoms. The normalized spacial score (nSPS) is 18.0. The molecule has 0 saturated heterocycles. The molecule has 0 saturated carbocycles. The highest BCUT2D eigenvalue weighted by molar-refractivity contribution is 4.73. The largest absolute Gasteiger partial charge is 0.336 e. The van der Waals surface area contributed by atoms with Gasteiger partial charge in [-0.1, -0.05) is 13.8 Å². The standard InChI is InChI=1S/C10H25N3O6/c1-5-9(14-7-3,16-18-11)13-10(6-2,15-8-4)17-19-12/h13H,5-8,11-12H2,1-4H3. The van der Waals surface area contributed by atoms with Crippen molar-refractivity contribution in [2.75, 3.05) is 13.2 Å². The van der Waals surface area contributed by atoms with Gasteiger partial charge in [0, 0.05) is 26.1 Å². The van der Waals surface area contributed by atoms with Gasteiger partial charge in [0.2, 0.25) is 0 Å². The Bertz CT molecular complexity index is 197.